The van der Waals surface area contributed by atoms with Crippen LogP contribution in [-0.4, -0.2) is 11.1 Å². The zero-order valence-corrected chi connectivity index (χ0v) is 8.12. The van der Waals surface area contributed by atoms with Crippen molar-refractivity contribution < 1.29 is 15.0 Å². The van der Waals surface area contributed by atoms with Gasteiger partial charge < -0.3 is 5.11 Å². The van der Waals surface area contributed by atoms with Gasteiger partial charge in [-0.3, -0.25) is 0 Å². The van der Waals surface area contributed by atoms with E-state index in [0.29, 0.717) is 12.0 Å². The zero-order chi connectivity index (χ0) is 10.6. The van der Waals surface area contributed by atoms with Gasteiger partial charge in [-0.1, -0.05) is 13.3 Å². The number of carbonyl (C=O) groups excluding carboxylic acids is 1. The van der Waals surface area contributed by atoms with Gasteiger partial charge in [0.2, 0.25) is 0 Å². The van der Waals surface area contributed by atoms with E-state index >= 15 is 0 Å². The van der Waals surface area contributed by atoms with Crippen molar-refractivity contribution >= 4 is 5.97 Å². The van der Waals surface area contributed by atoms with Gasteiger partial charge in [0.1, 0.15) is 5.75 Å². The van der Waals surface area contributed by atoms with E-state index in [4.69, 9.17) is 0 Å². The molecule has 0 aliphatic carbocycles. The van der Waals surface area contributed by atoms with E-state index in [1.165, 1.54) is 18.2 Å². The molecule has 0 unspecified atom stereocenters. The lowest BCUT2D eigenvalue weighted by Gasteiger charge is -2.04. The van der Waals surface area contributed by atoms with E-state index in [1.54, 1.807) is 0 Å². The minimum Gasteiger partial charge on any atom is -0.508 e. The number of carbonyl (C=O) groups is 1. The molecule has 1 aromatic rings. The van der Waals surface area contributed by atoms with Gasteiger partial charge in [-0.15, -0.1) is 0 Å². The molecule has 14 heavy (non-hydrogen) atoms. The van der Waals surface area contributed by atoms with Crippen LogP contribution in [0.1, 0.15) is 35.7 Å². The Morgan fingerprint density at radius 3 is 2.71 bits per heavy atom. The Bertz CT molecular complexity index is 331. The van der Waals surface area contributed by atoms with E-state index in [1.807, 2.05) is 6.92 Å². The summed E-state index contributed by atoms with van der Waals surface area (Å²) in [6, 6.07) is 4.23. The smallest absolute Gasteiger partial charge is 0.386 e. The number of phenols is 1. The fraction of sp³-hybridized carbons (Fsp3) is 0.364. The Morgan fingerprint density at radius 1 is 1.43 bits per heavy atom. The minimum atomic E-state index is -1.18. The van der Waals surface area contributed by atoms with Gasteiger partial charge in [-0.25, -0.2) is 9.90 Å². The molecule has 0 saturated heterocycles. The first-order valence-electron chi connectivity index (χ1n) is 4.68. The normalized spacial score (nSPS) is 10.1. The molecular formula is C11H13O3. The van der Waals surface area contributed by atoms with Crippen LogP contribution < -0.4 is 0 Å². The summed E-state index contributed by atoms with van der Waals surface area (Å²) in [5.74, 6) is -1.09. The Morgan fingerprint density at radius 2 is 2.14 bits per heavy atom. The highest BCUT2D eigenvalue weighted by atomic mass is 16.4. The zero-order valence-electron chi connectivity index (χ0n) is 8.12. The second kappa shape index (κ2) is 4.65. The largest absolute Gasteiger partial charge is 0.508 e. The molecular weight excluding hydrogens is 180 g/mol. The van der Waals surface area contributed by atoms with Crippen molar-refractivity contribution in [2.24, 2.45) is 0 Å². The lowest BCUT2D eigenvalue weighted by molar-refractivity contribution is 0.0572. The summed E-state index contributed by atoms with van der Waals surface area (Å²) < 4.78 is 0. The highest BCUT2D eigenvalue weighted by Gasteiger charge is 2.11. The average Bonchev–Trinajstić information content (AvgIpc) is 2.14. The molecule has 0 aliphatic heterocycles. The first-order valence-corrected chi connectivity index (χ1v) is 4.68. The molecule has 0 atom stereocenters. The first-order chi connectivity index (χ1) is 6.65. The summed E-state index contributed by atoms with van der Waals surface area (Å²) in [7, 11) is 0. The van der Waals surface area contributed by atoms with Crippen molar-refractivity contribution in [3.05, 3.63) is 29.3 Å². The molecule has 0 bridgehead atoms. The van der Waals surface area contributed by atoms with Crippen molar-refractivity contribution in [3.8, 4) is 5.75 Å². The number of hydrogen-bond donors (Lipinski definition) is 1. The first kappa shape index (κ1) is 10.6. The molecule has 0 aromatic heterocycles. The van der Waals surface area contributed by atoms with Crippen LogP contribution in [0.25, 0.3) is 0 Å². The average molecular weight is 193 g/mol. The fourth-order valence-electron chi connectivity index (χ4n) is 1.35. The molecule has 1 aromatic carbocycles. The topological polar surface area (TPSA) is 57.2 Å². The number of phenolic OH excluding ortho intramolecular Hbond substituents is 1. The van der Waals surface area contributed by atoms with Crippen LogP contribution in [0.2, 0.25) is 0 Å². The number of rotatable bonds is 4. The Labute approximate surface area is 83.0 Å². The number of aromatic hydroxyl groups is 1. The Balaban J connectivity index is 2.97. The summed E-state index contributed by atoms with van der Waals surface area (Å²) in [4.78, 5) is 10.7. The number of unbranched alkanes of at least 4 members (excludes halogenated alkanes) is 1. The molecule has 0 amide bonds. The maximum atomic E-state index is 10.7. The second-order valence-corrected chi connectivity index (χ2v) is 3.23. The summed E-state index contributed by atoms with van der Waals surface area (Å²) in [6.45, 7) is 2.03. The molecule has 0 spiro atoms. The van der Waals surface area contributed by atoms with Gasteiger partial charge in [0.25, 0.3) is 0 Å². The predicted molar refractivity (Wildman–Crippen MR) is 51.7 cm³/mol. The lowest BCUT2D eigenvalue weighted by atomic mass is 10.0. The van der Waals surface area contributed by atoms with Crippen LogP contribution >= 0.6 is 0 Å². The molecule has 1 rings (SSSR count). The monoisotopic (exact) mass is 193 g/mol. The molecule has 0 heterocycles. The molecule has 3 heteroatoms. The van der Waals surface area contributed by atoms with E-state index < -0.39 is 5.97 Å². The van der Waals surface area contributed by atoms with E-state index in [9.17, 15) is 15.0 Å². The van der Waals surface area contributed by atoms with Gasteiger partial charge in [-0.05, 0) is 36.6 Å². The minimum absolute atomic E-state index is 0.0982. The highest BCUT2D eigenvalue weighted by Crippen LogP contribution is 2.18. The Hall–Kier alpha value is -1.51. The standard InChI is InChI=1S/C11H13O3/c1-2-3-4-8-7-9(12)5-6-10(8)11(13)14/h5-7,12H,2-4H2,1H3. The van der Waals surface area contributed by atoms with Gasteiger partial charge in [0, 0.05) is 0 Å². The van der Waals surface area contributed by atoms with Crippen LogP contribution in [-0.2, 0) is 11.5 Å². The second-order valence-electron chi connectivity index (χ2n) is 3.23. The van der Waals surface area contributed by atoms with E-state index in [2.05, 4.69) is 0 Å². The van der Waals surface area contributed by atoms with Crippen molar-refractivity contribution in [1.82, 2.24) is 0 Å². The molecule has 0 saturated carbocycles. The van der Waals surface area contributed by atoms with Crippen molar-refractivity contribution in [2.45, 2.75) is 26.2 Å². The lowest BCUT2D eigenvalue weighted by Crippen LogP contribution is -2.00. The van der Waals surface area contributed by atoms with Crippen molar-refractivity contribution in [1.29, 1.82) is 0 Å². The molecule has 0 fully saturated rings. The van der Waals surface area contributed by atoms with Gasteiger partial charge in [-0.2, -0.15) is 0 Å². The highest BCUT2D eigenvalue weighted by molar-refractivity contribution is 5.89. The van der Waals surface area contributed by atoms with Crippen LogP contribution in [0.3, 0.4) is 0 Å². The van der Waals surface area contributed by atoms with E-state index in [-0.39, 0.29) is 11.3 Å². The molecule has 75 valence electrons. The quantitative estimate of drug-likeness (QED) is 0.797. The van der Waals surface area contributed by atoms with Crippen LogP contribution in [0.4, 0.5) is 0 Å². The maximum Gasteiger partial charge on any atom is 0.386 e. The number of aryl methyl sites for hydroxylation is 1. The van der Waals surface area contributed by atoms with E-state index in [0.717, 1.165) is 12.8 Å². The third-order valence-corrected chi connectivity index (χ3v) is 2.11. The molecule has 1 N–H and O–H groups in total. The number of hydrogen-bond acceptors (Lipinski definition) is 2. The summed E-state index contributed by atoms with van der Waals surface area (Å²) in [5.41, 5.74) is 0.822. The number of benzene rings is 1. The van der Waals surface area contributed by atoms with Crippen LogP contribution in [0, 0.1) is 0 Å². The predicted octanol–water partition coefficient (Wildman–Crippen LogP) is 2.31. The van der Waals surface area contributed by atoms with Crippen molar-refractivity contribution in [2.75, 3.05) is 0 Å². The summed E-state index contributed by atoms with van der Waals surface area (Å²) in [6.07, 6.45) is 2.56. The molecule has 1 radical (unpaired) electrons. The van der Waals surface area contributed by atoms with Gasteiger partial charge in [0.05, 0.1) is 5.56 Å². The SMILES string of the molecule is CCCCc1cc(O)ccc1C([O])=O. The van der Waals surface area contributed by atoms with Crippen LogP contribution in [0.5, 0.6) is 5.75 Å². The van der Waals surface area contributed by atoms with Gasteiger partial charge in [0.15, 0.2) is 0 Å². The van der Waals surface area contributed by atoms with Gasteiger partial charge >= 0.3 is 5.97 Å². The maximum absolute atomic E-state index is 10.7. The van der Waals surface area contributed by atoms with Crippen LogP contribution in [0.15, 0.2) is 18.2 Å². The Kier molecular flexibility index (Phi) is 3.51. The summed E-state index contributed by atoms with van der Waals surface area (Å²) >= 11 is 0. The third kappa shape index (κ3) is 2.49. The molecule has 0 aliphatic rings. The summed E-state index contributed by atoms with van der Waals surface area (Å²) in [5, 5.41) is 19.9. The van der Waals surface area contributed by atoms with Crippen molar-refractivity contribution in [3.63, 3.8) is 0 Å². The fourth-order valence-corrected chi connectivity index (χ4v) is 1.35. The molecule has 3 nitrogen and oxygen atoms in total. The third-order valence-electron chi connectivity index (χ3n) is 2.11.